The SMILES string of the molecule is CN(C(=O)C1(N)CCOC1)C1(CC(=O)O)CCCCC1. The first-order valence-electron chi connectivity index (χ1n) is 7.26. The number of aliphatic carboxylic acids is 1. The largest absolute Gasteiger partial charge is 0.481 e. The summed E-state index contributed by atoms with van der Waals surface area (Å²) in [6.45, 7) is 0.710. The summed E-state index contributed by atoms with van der Waals surface area (Å²) >= 11 is 0. The van der Waals surface area contributed by atoms with Crippen LogP contribution in [0.1, 0.15) is 44.9 Å². The highest BCUT2D eigenvalue weighted by Gasteiger charge is 2.47. The molecule has 0 spiro atoms. The van der Waals surface area contributed by atoms with Gasteiger partial charge < -0.3 is 20.5 Å². The molecule has 114 valence electrons. The van der Waals surface area contributed by atoms with Gasteiger partial charge in [0.2, 0.25) is 5.91 Å². The summed E-state index contributed by atoms with van der Waals surface area (Å²) in [4.78, 5) is 25.5. The Hall–Kier alpha value is -1.14. The zero-order valence-corrected chi connectivity index (χ0v) is 12.1. The Morgan fingerprint density at radius 1 is 1.25 bits per heavy atom. The molecule has 1 amide bonds. The Balaban J connectivity index is 2.19. The van der Waals surface area contributed by atoms with Gasteiger partial charge in [-0.05, 0) is 19.3 Å². The normalized spacial score (nSPS) is 29.1. The number of carbonyl (C=O) groups excluding carboxylic acids is 1. The van der Waals surface area contributed by atoms with Crippen LogP contribution in [0.25, 0.3) is 0 Å². The highest BCUT2D eigenvalue weighted by molar-refractivity contribution is 5.87. The molecule has 6 heteroatoms. The number of amides is 1. The molecule has 1 saturated carbocycles. The summed E-state index contributed by atoms with van der Waals surface area (Å²) in [6.07, 6.45) is 4.97. The second-order valence-electron chi connectivity index (χ2n) is 6.18. The number of rotatable bonds is 4. The predicted molar refractivity (Wildman–Crippen MR) is 73.2 cm³/mol. The first kappa shape index (κ1) is 15.3. The minimum absolute atomic E-state index is 0.00776. The lowest BCUT2D eigenvalue weighted by molar-refractivity contribution is -0.149. The first-order chi connectivity index (χ1) is 9.40. The molecule has 2 fully saturated rings. The highest BCUT2D eigenvalue weighted by Crippen LogP contribution is 2.37. The second-order valence-corrected chi connectivity index (χ2v) is 6.18. The van der Waals surface area contributed by atoms with Gasteiger partial charge in [-0.25, -0.2) is 0 Å². The van der Waals surface area contributed by atoms with E-state index < -0.39 is 17.0 Å². The average molecular weight is 284 g/mol. The maximum atomic E-state index is 12.7. The van der Waals surface area contributed by atoms with Crippen LogP contribution in [-0.2, 0) is 14.3 Å². The summed E-state index contributed by atoms with van der Waals surface area (Å²) in [5.41, 5.74) is 4.56. The van der Waals surface area contributed by atoms with E-state index in [9.17, 15) is 14.7 Å². The second kappa shape index (κ2) is 5.69. The summed E-state index contributed by atoms with van der Waals surface area (Å²) in [5.74, 6) is -1.04. The van der Waals surface area contributed by atoms with E-state index >= 15 is 0 Å². The zero-order chi connectivity index (χ0) is 14.8. The van der Waals surface area contributed by atoms with Gasteiger partial charge >= 0.3 is 5.97 Å². The molecule has 0 radical (unpaired) electrons. The molecule has 0 aromatic heterocycles. The molecule has 1 unspecified atom stereocenters. The van der Waals surface area contributed by atoms with Crippen LogP contribution in [0.15, 0.2) is 0 Å². The van der Waals surface area contributed by atoms with Gasteiger partial charge in [0.25, 0.3) is 0 Å². The molecular formula is C14H24N2O4. The zero-order valence-electron chi connectivity index (χ0n) is 12.1. The van der Waals surface area contributed by atoms with Crippen molar-refractivity contribution >= 4 is 11.9 Å². The van der Waals surface area contributed by atoms with Crippen LogP contribution in [0.4, 0.5) is 0 Å². The molecule has 3 N–H and O–H groups in total. The molecule has 6 nitrogen and oxygen atoms in total. The van der Waals surface area contributed by atoms with Crippen LogP contribution in [0.5, 0.6) is 0 Å². The van der Waals surface area contributed by atoms with Crippen LogP contribution < -0.4 is 5.73 Å². The van der Waals surface area contributed by atoms with Crippen LogP contribution in [0.3, 0.4) is 0 Å². The van der Waals surface area contributed by atoms with Gasteiger partial charge in [0, 0.05) is 13.7 Å². The molecule has 2 aliphatic rings. The fourth-order valence-corrected chi connectivity index (χ4v) is 3.42. The third-order valence-electron chi connectivity index (χ3n) is 4.76. The van der Waals surface area contributed by atoms with Crippen molar-refractivity contribution in [1.29, 1.82) is 0 Å². The summed E-state index contributed by atoms with van der Waals surface area (Å²) in [7, 11) is 1.70. The molecular weight excluding hydrogens is 260 g/mol. The van der Waals surface area contributed by atoms with Crippen LogP contribution in [0, 0.1) is 0 Å². The number of likely N-dealkylation sites (N-methyl/N-ethyl adjacent to an activating group) is 1. The molecule has 1 aliphatic heterocycles. The van der Waals surface area contributed by atoms with Crippen LogP contribution in [0.2, 0.25) is 0 Å². The van der Waals surface area contributed by atoms with Crippen molar-refractivity contribution in [2.45, 2.75) is 56.0 Å². The smallest absolute Gasteiger partial charge is 0.305 e. The molecule has 2 rings (SSSR count). The number of carbonyl (C=O) groups is 2. The minimum Gasteiger partial charge on any atom is -0.481 e. The van der Waals surface area contributed by atoms with E-state index in [0.29, 0.717) is 13.0 Å². The molecule has 1 heterocycles. The molecule has 20 heavy (non-hydrogen) atoms. The van der Waals surface area contributed by atoms with Gasteiger partial charge in [-0.2, -0.15) is 0 Å². The Kier molecular flexibility index (Phi) is 4.34. The van der Waals surface area contributed by atoms with Crippen LogP contribution in [-0.4, -0.2) is 53.2 Å². The summed E-state index contributed by atoms with van der Waals surface area (Å²) in [5, 5.41) is 9.20. The van der Waals surface area contributed by atoms with Gasteiger partial charge in [-0.15, -0.1) is 0 Å². The summed E-state index contributed by atoms with van der Waals surface area (Å²) < 4.78 is 5.24. The average Bonchev–Trinajstić information content (AvgIpc) is 2.85. The Morgan fingerprint density at radius 2 is 1.90 bits per heavy atom. The highest BCUT2D eigenvalue weighted by atomic mass is 16.5. The molecule has 1 saturated heterocycles. The fourth-order valence-electron chi connectivity index (χ4n) is 3.42. The van der Waals surface area contributed by atoms with Gasteiger partial charge in [-0.3, -0.25) is 9.59 Å². The number of nitrogens with zero attached hydrogens (tertiary/aromatic N) is 1. The van der Waals surface area contributed by atoms with Gasteiger partial charge in [-0.1, -0.05) is 19.3 Å². The number of nitrogens with two attached hydrogens (primary N) is 1. The van der Waals surface area contributed by atoms with E-state index in [4.69, 9.17) is 10.5 Å². The Bertz CT molecular complexity index is 385. The monoisotopic (exact) mass is 284 g/mol. The van der Waals surface area contributed by atoms with Crippen molar-refractivity contribution in [1.82, 2.24) is 4.90 Å². The molecule has 0 aromatic carbocycles. The predicted octanol–water partition coefficient (Wildman–Crippen LogP) is 0.740. The van der Waals surface area contributed by atoms with Gasteiger partial charge in [0.15, 0.2) is 0 Å². The Labute approximate surface area is 119 Å². The molecule has 0 aromatic rings. The van der Waals surface area contributed by atoms with E-state index in [1.165, 1.54) is 0 Å². The van der Waals surface area contributed by atoms with E-state index in [0.717, 1.165) is 32.1 Å². The minimum atomic E-state index is -0.988. The number of hydrogen-bond donors (Lipinski definition) is 2. The Morgan fingerprint density at radius 3 is 2.40 bits per heavy atom. The van der Waals surface area contributed by atoms with Crippen LogP contribution >= 0.6 is 0 Å². The van der Waals surface area contributed by atoms with Crippen molar-refractivity contribution in [3.63, 3.8) is 0 Å². The standard InChI is InChI=1S/C14H24N2O4/c1-16(12(19)14(15)7-8-20-10-14)13(9-11(17)18)5-3-2-4-6-13/h2-10,15H2,1H3,(H,17,18). The number of carboxylic acids is 1. The third kappa shape index (κ3) is 2.81. The maximum Gasteiger partial charge on any atom is 0.305 e. The lowest BCUT2D eigenvalue weighted by atomic mass is 9.77. The lowest BCUT2D eigenvalue weighted by Crippen LogP contribution is -2.62. The first-order valence-corrected chi connectivity index (χ1v) is 7.26. The fraction of sp³-hybridized carbons (Fsp3) is 0.857. The van der Waals surface area contributed by atoms with E-state index in [1.807, 2.05) is 0 Å². The maximum absolute atomic E-state index is 12.7. The number of ether oxygens (including phenoxy) is 1. The quantitative estimate of drug-likeness (QED) is 0.794. The molecule has 0 bridgehead atoms. The number of hydrogen-bond acceptors (Lipinski definition) is 4. The van der Waals surface area contributed by atoms with Crippen molar-refractivity contribution in [2.24, 2.45) is 5.73 Å². The van der Waals surface area contributed by atoms with Crippen molar-refractivity contribution < 1.29 is 19.4 Å². The lowest BCUT2D eigenvalue weighted by Gasteiger charge is -2.46. The van der Waals surface area contributed by atoms with Gasteiger partial charge in [0.1, 0.15) is 5.54 Å². The van der Waals surface area contributed by atoms with Crippen molar-refractivity contribution in [3.05, 3.63) is 0 Å². The van der Waals surface area contributed by atoms with E-state index in [1.54, 1.807) is 11.9 Å². The molecule has 1 atom stereocenters. The summed E-state index contributed by atoms with van der Waals surface area (Å²) in [6, 6.07) is 0. The van der Waals surface area contributed by atoms with E-state index in [2.05, 4.69) is 0 Å². The van der Waals surface area contributed by atoms with Crippen molar-refractivity contribution in [2.75, 3.05) is 20.3 Å². The molecule has 1 aliphatic carbocycles. The number of carboxylic acid groups (broad SMARTS) is 1. The van der Waals surface area contributed by atoms with E-state index in [-0.39, 0.29) is 18.9 Å². The topological polar surface area (TPSA) is 92.9 Å². The third-order valence-corrected chi connectivity index (χ3v) is 4.76. The van der Waals surface area contributed by atoms with Gasteiger partial charge in [0.05, 0.1) is 18.6 Å². The van der Waals surface area contributed by atoms with Crippen molar-refractivity contribution in [3.8, 4) is 0 Å².